The van der Waals surface area contributed by atoms with Gasteiger partial charge in [0, 0.05) is 12.6 Å². The summed E-state index contributed by atoms with van der Waals surface area (Å²) < 4.78 is 10.5. The van der Waals surface area contributed by atoms with Crippen LogP contribution in [0.15, 0.2) is 0 Å². The van der Waals surface area contributed by atoms with E-state index in [4.69, 9.17) is 20.9 Å². The van der Waals surface area contributed by atoms with E-state index < -0.39 is 0 Å². The van der Waals surface area contributed by atoms with Gasteiger partial charge in [0.2, 0.25) is 0 Å². The van der Waals surface area contributed by atoms with Gasteiger partial charge in [-0.2, -0.15) is 0 Å². The third kappa shape index (κ3) is 1.65. The first-order valence-electron chi connectivity index (χ1n) is 5.43. The molecule has 1 atom stereocenters. The van der Waals surface area contributed by atoms with E-state index in [2.05, 4.69) is 17.6 Å². The van der Waals surface area contributed by atoms with Crippen LogP contribution in [-0.2, 0) is 0 Å². The molecule has 0 radical (unpaired) electrons. The number of fused-ring (bicyclic) bond motifs is 1. The van der Waals surface area contributed by atoms with Gasteiger partial charge in [-0.3, -0.25) is 0 Å². The van der Waals surface area contributed by atoms with E-state index in [1.807, 2.05) is 0 Å². The largest absolute Gasteiger partial charge is 0.491 e. The summed E-state index contributed by atoms with van der Waals surface area (Å²) in [5.74, 6) is 0.930. The first-order valence-corrected chi connectivity index (χ1v) is 5.43. The molecule has 1 aromatic carbocycles. The second kappa shape index (κ2) is 4.12. The van der Waals surface area contributed by atoms with E-state index in [9.17, 15) is 0 Å². The van der Waals surface area contributed by atoms with Gasteiger partial charge in [0.1, 0.15) is 11.4 Å². The molecule has 17 heavy (non-hydrogen) atoms. The Labute approximate surface area is 100 Å². The molecule has 94 valence electrons. The van der Waals surface area contributed by atoms with E-state index in [-0.39, 0.29) is 6.04 Å². The van der Waals surface area contributed by atoms with Crippen molar-refractivity contribution in [1.29, 1.82) is 0 Å². The fourth-order valence-electron chi connectivity index (χ4n) is 2.03. The van der Waals surface area contributed by atoms with Crippen LogP contribution in [0.5, 0.6) is 11.5 Å². The number of benzene rings is 1. The molecule has 0 saturated carbocycles. The normalized spacial score (nSPS) is 17.7. The average molecular weight is 238 g/mol. The molecule has 1 aliphatic rings. The number of methoxy groups -OCH3 is 2. The molecule has 6 heteroatoms. The Balaban J connectivity index is 2.66. The van der Waals surface area contributed by atoms with Crippen molar-refractivity contribution in [2.75, 3.05) is 42.9 Å². The van der Waals surface area contributed by atoms with Crippen LogP contribution in [0.1, 0.15) is 6.92 Å². The third-order valence-corrected chi connectivity index (χ3v) is 2.87. The lowest BCUT2D eigenvalue weighted by Gasteiger charge is -2.29. The summed E-state index contributed by atoms with van der Waals surface area (Å²) in [6.07, 6.45) is 0. The highest BCUT2D eigenvalue weighted by molar-refractivity contribution is 5.98. The Morgan fingerprint density at radius 1 is 1.06 bits per heavy atom. The maximum absolute atomic E-state index is 6.06. The molecule has 1 aliphatic heterocycles. The number of hydrogen-bond donors (Lipinski definition) is 4. The minimum absolute atomic E-state index is 0.280. The van der Waals surface area contributed by atoms with Gasteiger partial charge in [0.25, 0.3) is 0 Å². The molecule has 2 rings (SSSR count). The van der Waals surface area contributed by atoms with Crippen LogP contribution in [0.3, 0.4) is 0 Å². The predicted octanol–water partition coefficient (Wildman–Crippen LogP) is 1.09. The lowest BCUT2D eigenvalue weighted by atomic mass is 10.1. The van der Waals surface area contributed by atoms with Crippen LogP contribution in [-0.4, -0.2) is 26.8 Å². The van der Waals surface area contributed by atoms with E-state index in [0.29, 0.717) is 22.9 Å². The Kier molecular flexibility index (Phi) is 2.79. The van der Waals surface area contributed by atoms with E-state index in [1.54, 1.807) is 14.2 Å². The van der Waals surface area contributed by atoms with Gasteiger partial charge in [-0.25, -0.2) is 0 Å². The molecule has 0 aliphatic carbocycles. The van der Waals surface area contributed by atoms with Crippen molar-refractivity contribution < 1.29 is 9.47 Å². The van der Waals surface area contributed by atoms with E-state index in [0.717, 1.165) is 17.9 Å². The van der Waals surface area contributed by atoms with E-state index >= 15 is 0 Å². The molecule has 0 saturated heterocycles. The molecule has 1 aromatic rings. The molecule has 6 nitrogen and oxygen atoms in total. The molecule has 6 N–H and O–H groups in total. The number of hydrogen-bond acceptors (Lipinski definition) is 6. The van der Waals surface area contributed by atoms with Crippen molar-refractivity contribution in [3.8, 4) is 11.5 Å². The third-order valence-electron chi connectivity index (χ3n) is 2.87. The van der Waals surface area contributed by atoms with Crippen molar-refractivity contribution in [3.63, 3.8) is 0 Å². The minimum Gasteiger partial charge on any atom is -0.491 e. The molecular formula is C11H18N4O2. The van der Waals surface area contributed by atoms with E-state index in [1.165, 1.54) is 0 Å². The van der Waals surface area contributed by atoms with Gasteiger partial charge < -0.3 is 31.6 Å². The van der Waals surface area contributed by atoms with Crippen LogP contribution < -0.4 is 31.6 Å². The van der Waals surface area contributed by atoms with Crippen LogP contribution in [0.25, 0.3) is 0 Å². The summed E-state index contributed by atoms with van der Waals surface area (Å²) in [6.45, 7) is 2.84. The standard InChI is InChI=1S/C11H18N4O2/c1-5-4-14-8-6(12)10(16-2)11(17-3)7(13)9(8)15-5/h5,14-15H,4,12-13H2,1-3H3. The zero-order chi connectivity index (χ0) is 12.6. The lowest BCUT2D eigenvalue weighted by molar-refractivity contribution is 0.358. The zero-order valence-electron chi connectivity index (χ0n) is 10.3. The van der Waals surface area contributed by atoms with Crippen LogP contribution >= 0.6 is 0 Å². The van der Waals surface area contributed by atoms with Gasteiger partial charge in [-0.05, 0) is 6.92 Å². The molecule has 0 aromatic heterocycles. The summed E-state index contributed by atoms with van der Waals surface area (Å²) in [4.78, 5) is 0. The highest BCUT2D eigenvalue weighted by Crippen LogP contribution is 2.50. The number of nitrogen functional groups attached to an aromatic ring is 2. The fraction of sp³-hybridized carbons (Fsp3) is 0.455. The SMILES string of the molecule is COc1c(N)c2c(c(N)c1OC)NC(C)CN2. The number of nitrogens with two attached hydrogens (primary N) is 2. The predicted molar refractivity (Wildman–Crippen MR) is 69.9 cm³/mol. The summed E-state index contributed by atoms with van der Waals surface area (Å²) in [5, 5.41) is 6.54. The number of nitrogens with one attached hydrogen (secondary N) is 2. The first-order chi connectivity index (χ1) is 8.10. The van der Waals surface area contributed by atoms with Gasteiger partial charge in [0.05, 0.1) is 25.6 Å². The monoisotopic (exact) mass is 238 g/mol. The summed E-state index contributed by atoms with van der Waals surface area (Å²) in [5.41, 5.74) is 14.7. The van der Waals surface area contributed by atoms with Gasteiger partial charge in [-0.1, -0.05) is 0 Å². The summed E-state index contributed by atoms with van der Waals surface area (Å²) in [6, 6.07) is 0.280. The Bertz CT molecular complexity index is 448. The van der Waals surface area contributed by atoms with Crippen molar-refractivity contribution in [2.45, 2.75) is 13.0 Å². The second-order valence-electron chi connectivity index (χ2n) is 4.07. The highest BCUT2D eigenvalue weighted by atomic mass is 16.5. The van der Waals surface area contributed by atoms with Gasteiger partial charge >= 0.3 is 0 Å². The minimum atomic E-state index is 0.280. The highest BCUT2D eigenvalue weighted by Gasteiger charge is 2.26. The van der Waals surface area contributed by atoms with Crippen LogP contribution in [0.2, 0.25) is 0 Å². The van der Waals surface area contributed by atoms with Crippen molar-refractivity contribution >= 4 is 22.7 Å². The lowest BCUT2D eigenvalue weighted by Crippen LogP contribution is -2.31. The Hall–Kier alpha value is -1.98. The first kappa shape index (κ1) is 11.5. The zero-order valence-corrected chi connectivity index (χ0v) is 10.3. The molecule has 0 amide bonds. The summed E-state index contributed by atoms with van der Waals surface area (Å²) >= 11 is 0. The number of anilines is 4. The summed E-state index contributed by atoms with van der Waals surface area (Å²) in [7, 11) is 3.08. The Morgan fingerprint density at radius 3 is 2.12 bits per heavy atom. The maximum atomic E-state index is 6.06. The van der Waals surface area contributed by atoms with Gasteiger partial charge in [-0.15, -0.1) is 0 Å². The Morgan fingerprint density at radius 2 is 1.59 bits per heavy atom. The fourth-order valence-corrected chi connectivity index (χ4v) is 2.03. The molecule has 1 unspecified atom stereocenters. The topological polar surface area (TPSA) is 94.6 Å². The van der Waals surface area contributed by atoms with Gasteiger partial charge in [0.15, 0.2) is 11.5 Å². The van der Waals surface area contributed by atoms with Crippen molar-refractivity contribution in [1.82, 2.24) is 0 Å². The number of rotatable bonds is 2. The maximum Gasteiger partial charge on any atom is 0.188 e. The average Bonchev–Trinajstić information content (AvgIpc) is 2.33. The van der Waals surface area contributed by atoms with Crippen LogP contribution in [0, 0.1) is 0 Å². The molecule has 0 bridgehead atoms. The molecule has 1 heterocycles. The molecular weight excluding hydrogens is 220 g/mol. The second-order valence-corrected chi connectivity index (χ2v) is 4.07. The molecule has 0 spiro atoms. The van der Waals surface area contributed by atoms with Crippen molar-refractivity contribution in [3.05, 3.63) is 0 Å². The van der Waals surface area contributed by atoms with Crippen LogP contribution in [0.4, 0.5) is 22.7 Å². The number of ether oxygens (including phenoxy) is 2. The smallest absolute Gasteiger partial charge is 0.188 e. The molecule has 0 fully saturated rings. The van der Waals surface area contributed by atoms with Crippen molar-refractivity contribution in [2.24, 2.45) is 0 Å². The quantitative estimate of drug-likeness (QED) is 0.576.